The van der Waals surface area contributed by atoms with E-state index in [0.717, 1.165) is 73.6 Å². The lowest BCUT2D eigenvalue weighted by atomic mass is 9.91. The summed E-state index contributed by atoms with van der Waals surface area (Å²) in [5.41, 5.74) is 18.1. The van der Waals surface area contributed by atoms with Gasteiger partial charge in [0, 0.05) is 49.3 Å². The van der Waals surface area contributed by atoms with E-state index < -0.39 is 0 Å². The number of likely N-dealkylation sites (tertiary alicyclic amines) is 1. The van der Waals surface area contributed by atoms with E-state index in [1.54, 1.807) is 12.5 Å². The Balaban J connectivity index is 1.19. The van der Waals surface area contributed by atoms with Crippen LogP contribution in [0.1, 0.15) is 62.7 Å². The summed E-state index contributed by atoms with van der Waals surface area (Å²) in [5.74, 6) is 0.338. The molecule has 1 saturated heterocycles. The maximum absolute atomic E-state index is 13.0. The van der Waals surface area contributed by atoms with Crippen LogP contribution in [0, 0.1) is 5.92 Å². The van der Waals surface area contributed by atoms with Gasteiger partial charge in [-0.1, -0.05) is 19.1 Å². The fraction of sp³-hybridized carbons (Fsp3) is 0.438. The van der Waals surface area contributed by atoms with Gasteiger partial charge in [0.15, 0.2) is 0 Å². The van der Waals surface area contributed by atoms with E-state index in [9.17, 15) is 9.59 Å². The Bertz CT molecular complexity index is 1660. The van der Waals surface area contributed by atoms with Crippen LogP contribution in [0.3, 0.4) is 0 Å². The summed E-state index contributed by atoms with van der Waals surface area (Å²) in [6.45, 7) is 4.60. The Labute approximate surface area is 261 Å². The van der Waals surface area contributed by atoms with Gasteiger partial charge in [-0.05, 0) is 38.2 Å². The summed E-state index contributed by atoms with van der Waals surface area (Å²) in [7, 11) is 2.08. The third kappa shape index (κ3) is 5.75. The summed E-state index contributed by atoms with van der Waals surface area (Å²) in [5, 5.41) is 14.0. The molecule has 45 heavy (non-hydrogen) atoms. The van der Waals surface area contributed by atoms with Crippen molar-refractivity contribution in [2.24, 2.45) is 17.4 Å². The van der Waals surface area contributed by atoms with Crippen LogP contribution in [0.25, 0.3) is 11.1 Å². The van der Waals surface area contributed by atoms with E-state index in [2.05, 4.69) is 55.5 Å². The first-order valence-corrected chi connectivity index (χ1v) is 15.7. The highest BCUT2D eigenvalue weighted by Crippen LogP contribution is 2.49. The quantitative estimate of drug-likeness (QED) is 0.160. The number of carbonyl (C=O) groups excluding carboxylic acids is 2. The van der Waals surface area contributed by atoms with Crippen LogP contribution in [0.15, 0.2) is 64.6 Å². The number of benzene rings is 1. The number of nitrogens with one attached hydrogen (secondary N) is 3. The van der Waals surface area contributed by atoms with Crippen molar-refractivity contribution in [2.75, 3.05) is 30.4 Å². The van der Waals surface area contributed by atoms with Gasteiger partial charge in [0.05, 0.1) is 53.8 Å². The molecule has 4 aliphatic rings. The summed E-state index contributed by atoms with van der Waals surface area (Å²) in [6.07, 6.45) is 11.2. The minimum atomic E-state index is -0.372. The Hall–Kier alpha value is -4.78. The van der Waals surface area contributed by atoms with Crippen molar-refractivity contribution in [3.63, 3.8) is 0 Å². The van der Waals surface area contributed by atoms with Crippen LogP contribution in [-0.4, -0.2) is 57.7 Å². The van der Waals surface area contributed by atoms with Gasteiger partial charge in [-0.25, -0.2) is 4.98 Å². The molecule has 0 spiro atoms. The standard InChI is InChI=1S/C32H40N10O3/c1-3-25-30-22(14-36-42(30)20-15-41(16-20)17-27-35-11-12-45-27)21-5-4-6-23(29(21)40(25)2)38-24(28(34)32(44)37-19-9-10-19)13-26(33)39-31(43)18-7-8-18/h4-6,11-14,18-20,25,38H,3,7-10,15-17,33-34H2,1-2H3,(H,37,44)(H,39,43)/b26-13+,28-24+. The molecule has 0 bridgehead atoms. The number of aromatic nitrogens is 3. The molecule has 13 nitrogen and oxygen atoms in total. The highest BCUT2D eigenvalue weighted by atomic mass is 16.3. The highest BCUT2D eigenvalue weighted by Gasteiger charge is 2.38. The van der Waals surface area contributed by atoms with E-state index in [4.69, 9.17) is 21.0 Å². The zero-order chi connectivity index (χ0) is 31.2. The van der Waals surface area contributed by atoms with Crippen molar-refractivity contribution >= 4 is 23.2 Å². The Kier molecular flexibility index (Phi) is 7.48. The second-order valence-corrected chi connectivity index (χ2v) is 12.5. The van der Waals surface area contributed by atoms with Crippen LogP contribution >= 0.6 is 0 Å². The number of nitrogens with two attached hydrogens (primary N) is 2. The molecule has 3 aromatic rings. The summed E-state index contributed by atoms with van der Waals surface area (Å²) >= 11 is 0. The predicted octanol–water partition coefficient (Wildman–Crippen LogP) is 2.68. The molecule has 2 aliphatic carbocycles. The molecule has 7 N–H and O–H groups in total. The van der Waals surface area contributed by atoms with Crippen molar-refractivity contribution in [3.05, 3.63) is 71.7 Å². The minimum absolute atomic E-state index is 0.00132. The van der Waals surface area contributed by atoms with Crippen LogP contribution in [0.4, 0.5) is 11.4 Å². The number of hydrogen-bond donors (Lipinski definition) is 5. The van der Waals surface area contributed by atoms with Gasteiger partial charge < -0.3 is 36.7 Å². The number of nitrogens with zero attached hydrogens (tertiary/aromatic N) is 5. The number of amides is 2. The molecular formula is C32H40N10O3. The van der Waals surface area contributed by atoms with E-state index in [1.165, 1.54) is 11.8 Å². The van der Waals surface area contributed by atoms with Gasteiger partial charge in [0.2, 0.25) is 11.8 Å². The first-order valence-electron chi connectivity index (χ1n) is 15.7. The molecule has 1 aromatic carbocycles. The number of rotatable bonds is 11. The number of hydrogen-bond acceptors (Lipinski definition) is 10. The normalized spacial score (nSPS) is 20.5. The SMILES string of the molecule is CCC1c2c(cnn2C2CN(Cc3ncco3)C2)-c2cccc(NC(/C=C(\N)NC(=O)C3CC3)=C(/N)C(=O)NC3CC3)c2N1C. The van der Waals surface area contributed by atoms with E-state index in [0.29, 0.717) is 12.2 Å². The van der Waals surface area contributed by atoms with E-state index >= 15 is 0 Å². The highest BCUT2D eigenvalue weighted by molar-refractivity contribution is 5.96. The molecule has 1 atom stereocenters. The molecule has 13 heteroatoms. The number of oxazole rings is 1. The third-order valence-electron chi connectivity index (χ3n) is 9.04. The fourth-order valence-electron chi connectivity index (χ4n) is 6.32. The smallest absolute Gasteiger partial charge is 0.269 e. The molecule has 1 unspecified atom stereocenters. The fourth-order valence-corrected chi connectivity index (χ4v) is 6.32. The minimum Gasteiger partial charge on any atom is -0.448 e. The molecule has 2 saturated carbocycles. The average Bonchev–Trinajstić information content (AvgIpc) is 3.92. The van der Waals surface area contributed by atoms with Crippen LogP contribution in [0.2, 0.25) is 0 Å². The Morgan fingerprint density at radius 2 is 1.93 bits per heavy atom. The van der Waals surface area contributed by atoms with Crippen molar-refractivity contribution in [1.82, 2.24) is 30.3 Å². The van der Waals surface area contributed by atoms with Crippen LogP contribution in [0.5, 0.6) is 0 Å². The van der Waals surface area contributed by atoms with Gasteiger partial charge in [-0.2, -0.15) is 5.10 Å². The van der Waals surface area contributed by atoms with Crippen molar-refractivity contribution in [1.29, 1.82) is 0 Å². The largest absolute Gasteiger partial charge is 0.448 e. The Morgan fingerprint density at radius 1 is 1.13 bits per heavy atom. The van der Waals surface area contributed by atoms with E-state index in [-0.39, 0.29) is 47.4 Å². The van der Waals surface area contributed by atoms with Gasteiger partial charge in [-0.15, -0.1) is 0 Å². The lowest BCUT2D eigenvalue weighted by Gasteiger charge is -2.42. The monoisotopic (exact) mass is 612 g/mol. The zero-order valence-electron chi connectivity index (χ0n) is 25.6. The molecule has 2 amide bonds. The lowest BCUT2D eigenvalue weighted by molar-refractivity contribution is -0.121. The lowest BCUT2D eigenvalue weighted by Crippen LogP contribution is -2.48. The molecule has 2 aromatic heterocycles. The van der Waals surface area contributed by atoms with E-state index in [1.807, 2.05) is 18.3 Å². The molecule has 3 fully saturated rings. The van der Waals surface area contributed by atoms with Crippen molar-refractivity contribution < 1.29 is 14.0 Å². The number of allylic oxidation sites excluding steroid dienone is 1. The number of fused-ring (bicyclic) bond motifs is 3. The van der Waals surface area contributed by atoms with Crippen LogP contribution in [-0.2, 0) is 16.1 Å². The van der Waals surface area contributed by atoms with Gasteiger partial charge in [0.1, 0.15) is 17.8 Å². The second-order valence-electron chi connectivity index (χ2n) is 12.5. The first-order chi connectivity index (χ1) is 21.8. The summed E-state index contributed by atoms with van der Waals surface area (Å²) < 4.78 is 7.62. The Morgan fingerprint density at radius 3 is 2.62 bits per heavy atom. The zero-order valence-corrected chi connectivity index (χ0v) is 25.6. The maximum atomic E-state index is 13.0. The molecular weight excluding hydrogens is 572 g/mol. The maximum Gasteiger partial charge on any atom is 0.269 e. The van der Waals surface area contributed by atoms with Gasteiger partial charge >= 0.3 is 0 Å². The number of para-hydroxylation sites is 1. The molecule has 7 rings (SSSR count). The second kappa shape index (κ2) is 11.6. The molecule has 2 aliphatic heterocycles. The predicted molar refractivity (Wildman–Crippen MR) is 169 cm³/mol. The summed E-state index contributed by atoms with van der Waals surface area (Å²) in [4.78, 5) is 34.3. The van der Waals surface area contributed by atoms with Crippen LogP contribution < -0.4 is 32.3 Å². The average molecular weight is 613 g/mol. The topological polar surface area (TPSA) is 173 Å². The third-order valence-corrected chi connectivity index (χ3v) is 9.04. The molecule has 0 radical (unpaired) electrons. The summed E-state index contributed by atoms with van der Waals surface area (Å²) in [6, 6.07) is 6.49. The number of anilines is 2. The first kappa shape index (κ1) is 29.0. The molecule has 4 heterocycles. The van der Waals surface area contributed by atoms with Crippen molar-refractivity contribution in [3.8, 4) is 11.1 Å². The molecule has 236 valence electrons. The van der Waals surface area contributed by atoms with Gasteiger partial charge in [0.25, 0.3) is 5.91 Å². The van der Waals surface area contributed by atoms with Crippen molar-refractivity contribution in [2.45, 2.75) is 63.7 Å². The number of carbonyl (C=O) groups is 2. The van der Waals surface area contributed by atoms with Gasteiger partial charge in [-0.3, -0.25) is 19.2 Å².